The van der Waals surface area contributed by atoms with E-state index in [4.69, 9.17) is 10.5 Å². The number of fused-ring (bicyclic) bond motifs is 1. The van der Waals surface area contributed by atoms with Crippen LogP contribution < -0.4 is 5.73 Å². The summed E-state index contributed by atoms with van der Waals surface area (Å²) in [7, 11) is 0. The fraction of sp³-hybridized carbons (Fsp3) is 0.250. The van der Waals surface area contributed by atoms with Gasteiger partial charge in [-0.05, 0) is 35.9 Å². The second-order valence-electron chi connectivity index (χ2n) is 4.76. The number of allylic oxidation sites excluding steroid dienone is 1. The molecule has 0 bridgehead atoms. The maximum Gasteiger partial charge on any atom is 0.131 e. The van der Waals surface area contributed by atoms with Crippen molar-refractivity contribution in [3.63, 3.8) is 0 Å². The number of halogens is 1. The number of hydrogen-bond donors (Lipinski definition) is 1. The predicted molar refractivity (Wildman–Crippen MR) is 74.1 cm³/mol. The molecule has 1 unspecified atom stereocenters. The van der Waals surface area contributed by atoms with Crippen molar-refractivity contribution in [2.75, 3.05) is 6.61 Å². The number of benzene rings is 2. The highest BCUT2D eigenvalue weighted by molar-refractivity contribution is 5.87. The van der Waals surface area contributed by atoms with Crippen LogP contribution in [0.15, 0.2) is 48.2 Å². The van der Waals surface area contributed by atoms with Gasteiger partial charge in [0, 0.05) is 5.39 Å². The van der Waals surface area contributed by atoms with Gasteiger partial charge in [-0.25, -0.2) is 4.39 Å². The minimum atomic E-state index is -0.328. The molecule has 0 spiro atoms. The van der Waals surface area contributed by atoms with Gasteiger partial charge in [-0.3, -0.25) is 0 Å². The van der Waals surface area contributed by atoms with Gasteiger partial charge < -0.3 is 10.5 Å². The third kappa shape index (κ3) is 2.22. The molecular formula is C16H16FNO. The van der Waals surface area contributed by atoms with E-state index < -0.39 is 0 Å². The lowest BCUT2D eigenvalue weighted by atomic mass is 9.96. The van der Waals surface area contributed by atoms with Gasteiger partial charge in [0.1, 0.15) is 11.6 Å². The molecule has 0 amide bonds. The monoisotopic (exact) mass is 257 g/mol. The first-order valence-electron chi connectivity index (χ1n) is 6.53. The third-order valence-electron chi connectivity index (χ3n) is 3.51. The maximum atomic E-state index is 13.8. The summed E-state index contributed by atoms with van der Waals surface area (Å²) < 4.78 is 19.4. The number of hydrogen-bond acceptors (Lipinski definition) is 2. The van der Waals surface area contributed by atoms with E-state index in [-0.39, 0.29) is 11.9 Å². The Bertz CT molecular complexity index is 636. The minimum absolute atomic E-state index is 0.218. The molecule has 19 heavy (non-hydrogen) atoms. The zero-order valence-corrected chi connectivity index (χ0v) is 10.6. The fourth-order valence-electron chi connectivity index (χ4n) is 2.50. The van der Waals surface area contributed by atoms with Gasteiger partial charge in [-0.2, -0.15) is 0 Å². The Hall–Kier alpha value is -1.87. The second kappa shape index (κ2) is 5.02. The zero-order chi connectivity index (χ0) is 13.2. The highest BCUT2D eigenvalue weighted by Crippen LogP contribution is 2.30. The van der Waals surface area contributed by atoms with E-state index >= 15 is 0 Å². The van der Waals surface area contributed by atoms with Gasteiger partial charge in [-0.1, -0.05) is 30.3 Å². The van der Waals surface area contributed by atoms with Crippen LogP contribution >= 0.6 is 0 Å². The number of rotatable bonds is 2. The molecule has 0 aliphatic carbocycles. The van der Waals surface area contributed by atoms with E-state index in [0.29, 0.717) is 12.0 Å². The van der Waals surface area contributed by atoms with Crippen molar-refractivity contribution in [3.05, 3.63) is 59.6 Å². The molecule has 0 aromatic heterocycles. The Labute approximate surface area is 111 Å². The molecule has 3 rings (SSSR count). The van der Waals surface area contributed by atoms with Gasteiger partial charge in [0.15, 0.2) is 0 Å². The largest absolute Gasteiger partial charge is 0.496 e. The molecule has 1 atom stereocenters. The highest BCUT2D eigenvalue weighted by atomic mass is 19.1. The normalized spacial score (nSPS) is 16.8. The molecule has 0 radical (unpaired) electrons. The summed E-state index contributed by atoms with van der Waals surface area (Å²) in [6, 6.07) is 10.3. The molecule has 2 nitrogen and oxygen atoms in total. The molecule has 2 aromatic rings. The van der Waals surface area contributed by atoms with Crippen LogP contribution in [0.2, 0.25) is 0 Å². The molecule has 2 N–H and O–H groups in total. The van der Waals surface area contributed by atoms with Gasteiger partial charge in [0.25, 0.3) is 0 Å². The van der Waals surface area contributed by atoms with Crippen molar-refractivity contribution in [2.24, 2.45) is 5.73 Å². The average molecular weight is 257 g/mol. The highest BCUT2D eigenvalue weighted by Gasteiger charge is 2.18. The van der Waals surface area contributed by atoms with E-state index in [0.717, 1.165) is 29.6 Å². The van der Waals surface area contributed by atoms with Crippen LogP contribution in [-0.4, -0.2) is 6.61 Å². The molecule has 1 aliphatic rings. The predicted octanol–water partition coefficient (Wildman–Crippen LogP) is 3.67. The summed E-state index contributed by atoms with van der Waals surface area (Å²) in [5, 5.41) is 1.46. The first-order valence-corrected chi connectivity index (χ1v) is 6.53. The minimum Gasteiger partial charge on any atom is -0.496 e. The molecule has 0 saturated carbocycles. The molecule has 2 aromatic carbocycles. The Morgan fingerprint density at radius 2 is 1.89 bits per heavy atom. The van der Waals surface area contributed by atoms with Crippen molar-refractivity contribution < 1.29 is 9.13 Å². The smallest absolute Gasteiger partial charge is 0.131 e. The summed E-state index contributed by atoms with van der Waals surface area (Å²) in [6.45, 7) is 0.707. The summed E-state index contributed by atoms with van der Waals surface area (Å²) >= 11 is 0. The van der Waals surface area contributed by atoms with Crippen LogP contribution in [0.1, 0.15) is 24.4 Å². The van der Waals surface area contributed by atoms with E-state index in [9.17, 15) is 4.39 Å². The molecule has 1 heterocycles. The van der Waals surface area contributed by atoms with Gasteiger partial charge in [0.2, 0.25) is 0 Å². The standard InChI is InChI=1S/C16H16FNO/c17-14-9-8-13(11-5-1-2-6-12(11)14)16(18)15-7-3-4-10-19-15/h1-2,5-9,16H,3-4,10,18H2. The molecule has 0 saturated heterocycles. The van der Waals surface area contributed by atoms with Crippen LogP contribution in [-0.2, 0) is 4.74 Å². The van der Waals surface area contributed by atoms with Crippen LogP contribution in [0.25, 0.3) is 10.8 Å². The average Bonchev–Trinajstić information content (AvgIpc) is 2.48. The van der Waals surface area contributed by atoms with Gasteiger partial charge in [-0.15, -0.1) is 0 Å². The van der Waals surface area contributed by atoms with Crippen molar-refractivity contribution in [1.82, 2.24) is 0 Å². The summed E-state index contributed by atoms with van der Waals surface area (Å²) in [4.78, 5) is 0. The molecule has 3 heteroatoms. The van der Waals surface area contributed by atoms with Crippen LogP contribution in [0.3, 0.4) is 0 Å². The Kier molecular flexibility index (Phi) is 3.22. The van der Waals surface area contributed by atoms with E-state index in [2.05, 4.69) is 0 Å². The Morgan fingerprint density at radius 1 is 1.11 bits per heavy atom. The summed E-state index contributed by atoms with van der Waals surface area (Å²) in [5.74, 6) is 0.577. The van der Waals surface area contributed by atoms with E-state index in [1.807, 2.05) is 24.3 Å². The first kappa shape index (κ1) is 12.2. The van der Waals surface area contributed by atoms with Crippen molar-refractivity contribution in [2.45, 2.75) is 18.9 Å². The van der Waals surface area contributed by atoms with Crippen LogP contribution in [0, 0.1) is 5.82 Å². The van der Waals surface area contributed by atoms with Crippen LogP contribution in [0.5, 0.6) is 0 Å². The third-order valence-corrected chi connectivity index (χ3v) is 3.51. The molecule has 0 fully saturated rings. The first-order chi connectivity index (χ1) is 9.27. The van der Waals surface area contributed by atoms with Crippen molar-refractivity contribution in [1.29, 1.82) is 0 Å². The van der Waals surface area contributed by atoms with E-state index in [1.54, 1.807) is 12.1 Å². The fourth-order valence-corrected chi connectivity index (χ4v) is 2.50. The SMILES string of the molecule is NC(C1=CCCCO1)c1ccc(F)c2ccccc12. The quantitative estimate of drug-likeness (QED) is 0.890. The topological polar surface area (TPSA) is 35.2 Å². The zero-order valence-electron chi connectivity index (χ0n) is 10.6. The van der Waals surface area contributed by atoms with Crippen molar-refractivity contribution in [3.8, 4) is 0 Å². The summed E-state index contributed by atoms with van der Waals surface area (Å²) in [6.07, 6.45) is 4.05. The lowest BCUT2D eigenvalue weighted by Gasteiger charge is -2.22. The Morgan fingerprint density at radius 3 is 2.63 bits per heavy atom. The van der Waals surface area contributed by atoms with Crippen LogP contribution in [0.4, 0.5) is 4.39 Å². The second-order valence-corrected chi connectivity index (χ2v) is 4.76. The number of ether oxygens (including phenoxy) is 1. The lowest BCUT2D eigenvalue weighted by Crippen LogP contribution is -2.18. The molecule has 98 valence electrons. The van der Waals surface area contributed by atoms with Gasteiger partial charge in [0.05, 0.1) is 12.6 Å². The van der Waals surface area contributed by atoms with Crippen molar-refractivity contribution >= 4 is 10.8 Å². The maximum absolute atomic E-state index is 13.8. The van der Waals surface area contributed by atoms with Gasteiger partial charge >= 0.3 is 0 Å². The Balaban J connectivity index is 2.10. The lowest BCUT2D eigenvalue weighted by molar-refractivity contribution is 0.176. The summed E-state index contributed by atoms with van der Waals surface area (Å²) in [5.41, 5.74) is 7.18. The molecule has 1 aliphatic heterocycles. The number of nitrogens with two attached hydrogens (primary N) is 1. The van der Waals surface area contributed by atoms with E-state index in [1.165, 1.54) is 6.07 Å². The molecular weight excluding hydrogens is 241 g/mol.